The van der Waals surface area contributed by atoms with Gasteiger partial charge in [-0.15, -0.1) is 0 Å². The van der Waals surface area contributed by atoms with Crippen LogP contribution in [0.25, 0.3) is 0 Å². The normalized spacial score (nSPS) is 17.8. The van der Waals surface area contributed by atoms with Gasteiger partial charge in [0.15, 0.2) is 23.0 Å². The third kappa shape index (κ3) is 5.19. The molecule has 3 aliphatic rings. The van der Waals surface area contributed by atoms with Gasteiger partial charge in [0.25, 0.3) is 5.91 Å². The first-order chi connectivity index (χ1) is 18.2. The maximum absolute atomic E-state index is 13.4. The van der Waals surface area contributed by atoms with Gasteiger partial charge >= 0.3 is 0 Å². The number of para-hydroxylation sites is 2. The molecule has 0 bridgehead atoms. The highest BCUT2D eigenvalue weighted by Crippen LogP contribution is 2.33. The molecule has 6 rings (SSSR count). The van der Waals surface area contributed by atoms with Gasteiger partial charge in [-0.05, 0) is 35.9 Å². The van der Waals surface area contributed by atoms with Crippen molar-refractivity contribution in [1.82, 2.24) is 10.3 Å². The second kappa shape index (κ2) is 10.4. The van der Waals surface area contributed by atoms with Gasteiger partial charge in [-0.2, -0.15) is 0 Å². The molecule has 2 aromatic carbocycles. The minimum absolute atomic E-state index is 0.225. The fourth-order valence-corrected chi connectivity index (χ4v) is 4.46. The zero-order valence-electron chi connectivity index (χ0n) is 20.3. The van der Waals surface area contributed by atoms with Gasteiger partial charge in [-0.3, -0.25) is 4.79 Å². The van der Waals surface area contributed by atoms with E-state index in [-0.39, 0.29) is 18.8 Å². The number of hydrogen-bond donors (Lipinski definition) is 2. The Bertz CT molecular complexity index is 1280. The molecule has 0 aliphatic carbocycles. The van der Waals surface area contributed by atoms with Crippen LogP contribution in [0.1, 0.15) is 15.9 Å². The highest BCUT2D eigenvalue weighted by Gasteiger charge is 2.23. The number of rotatable bonds is 7. The molecule has 10 heteroatoms. The summed E-state index contributed by atoms with van der Waals surface area (Å²) in [6, 6.07) is 15.2. The van der Waals surface area contributed by atoms with Gasteiger partial charge in [0.05, 0.1) is 37.2 Å². The van der Waals surface area contributed by atoms with Crippen LogP contribution in [0.2, 0.25) is 0 Å². The summed E-state index contributed by atoms with van der Waals surface area (Å²) < 4.78 is 28.1. The first-order valence-electron chi connectivity index (χ1n) is 12.3. The standard InChI is InChI=1S/C27H28N4O6/c32-27(30-15-20-16-34-22-3-1-2-4-24(22)37-20)21-12-19(31-7-9-33-10-8-31)14-29-26(21)28-13-18-5-6-23-25(11-18)36-17-35-23/h1-6,11-12,14,20H,7-10,13,15-17H2,(H,28,29)(H,30,32)/t20-/m0/s1. The molecule has 0 unspecified atom stereocenters. The summed E-state index contributed by atoms with van der Waals surface area (Å²) >= 11 is 0. The molecule has 3 aromatic rings. The molecule has 1 amide bonds. The number of hydrogen-bond acceptors (Lipinski definition) is 9. The number of nitrogens with zero attached hydrogens (tertiary/aromatic N) is 2. The van der Waals surface area contributed by atoms with Crippen molar-refractivity contribution in [2.75, 3.05) is 56.5 Å². The molecule has 192 valence electrons. The molecule has 1 saturated heterocycles. The molecule has 1 atom stereocenters. The van der Waals surface area contributed by atoms with Crippen molar-refractivity contribution in [3.63, 3.8) is 0 Å². The Balaban J connectivity index is 1.17. The van der Waals surface area contributed by atoms with Gasteiger partial charge in [-0.25, -0.2) is 4.98 Å². The third-order valence-corrected chi connectivity index (χ3v) is 6.45. The average Bonchev–Trinajstić information content (AvgIpc) is 3.43. The SMILES string of the molecule is O=C(NC[C@H]1COc2ccccc2O1)c1cc(N2CCOCC2)cnc1NCc1ccc2c(c1)OCO2. The van der Waals surface area contributed by atoms with Crippen LogP contribution in [-0.4, -0.2) is 63.2 Å². The van der Waals surface area contributed by atoms with Crippen LogP contribution < -0.4 is 34.5 Å². The highest BCUT2D eigenvalue weighted by molar-refractivity contribution is 5.99. The van der Waals surface area contributed by atoms with Gasteiger partial charge in [-0.1, -0.05) is 18.2 Å². The number of aromatic nitrogens is 1. The lowest BCUT2D eigenvalue weighted by molar-refractivity contribution is 0.0789. The number of anilines is 2. The molecule has 0 spiro atoms. The van der Waals surface area contributed by atoms with E-state index in [1.54, 1.807) is 6.20 Å². The first-order valence-corrected chi connectivity index (χ1v) is 12.3. The molecule has 37 heavy (non-hydrogen) atoms. The Kier molecular flexibility index (Phi) is 6.55. The quantitative estimate of drug-likeness (QED) is 0.503. The van der Waals surface area contributed by atoms with E-state index >= 15 is 0 Å². The topological polar surface area (TPSA) is 103 Å². The number of amides is 1. The third-order valence-electron chi connectivity index (χ3n) is 6.45. The maximum Gasteiger partial charge on any atom is 0.255 e. The van der Waals surface area contributed by atoms with Crippen LogP contribution in [0.3, 0.4) is 0 Å². The number of carbonyl (C=O) groups is 1. The van der Waals surface area contributed by atoms with E-state index in [0.717, 1.165) is 30.1 Å². The molecule has 3 aliphatic heterocycles. The van der Waals surface area contributed by atoms with Crippen molar-refractivity contribution in [2.24, 2.45) is 0 Å². The predicted octanol–water partition coefficient (Wildman–Crippen LogP) is 2.83. The average molecular weight is 505 g/mol. The lowest BCUT2D eigenvalue weighted by atomic mass is 10.1. The summed E-state index contributed by atoms with van der Waals surface area (Å²) in [5.41, 5.74) is 2.33. The molecule has 0 saturated carbocycles. The van der Waals surface area contributed by atoms with Gasteiger partial charge < -0.3 is 39.2 Å². The number of benzene rings is 2. The fraction of sp³-hybridized carbons (Fsp3) is 0.333. The predicted molar refractivity (Wildman–Crippen MR) is 136 cm³/mol. The summed E-state index contributed by atoms with van der Waals surface area (Å²) in [7, 11) is 0. The zero-order chi connectivity index (χ0) is 25.0. The van der Waals surface area contributed by atoms with E-state index in [1.807, 2.05) is 48.5 Å². The molecule has 2 N–H and O–H groups in total. The number of ether oxygens (including phenoxy) is 5. The molecular formula is C27H28N4O6. The number of nitrogens with one attached hydrogen (secondary N) is 2. The zero-order valence-corrected chi connectivity index (χ0v) is 20.3. The summed E-state index contributed by atoms with van der Waals surface area (Å²) in [5.74, 6) is 3.09. The van der Waals surface area contributed by atoms with Gasteiger partial charge in [0, 0.05) is 19.6 Å². The Morgan fingerprint density at radius 1 is 0.973 bits per heavy atom. The number of pyridine rings is 1. The van der Waals surface area contributed by atoms with E-state index in [4.69, 9.17) is 23.7 Å². The summed E-state index contributed by atoms with van der Waals surface area (Å²) in [6.07, 6.45) is 1.50. The van der Waals surface area contributed by atoms with E-state index in [9.17, 15) is 4.79 Å². The van der Waals surface area contributed by atoms with E-state index in [2.05, 4.69) is 20.5 Å². The molecule has 4 heterocycles. The molecule has 10 nitrogen and oxygen atoms in total. The van der Waals surface area contributed by atoms with Crippen molar-refractivity contribution in [3.8, 4) is 23.0 Å². The van der Waals surface area contributed by atoms with Gasteiger partial charge in [0.1, 0.15) is 18.5 Å². The molecular weight excluding hydrogens is 476 g/mol. The van der Waals surface area contributed by atoms with Crippen molar-refractivity contribution in [1.29, 1.82) is 0 Å². The van der Waals surface area contributed by atoms with Crippen LogP contribution >= 0.6 is 0 Å². The van der Waals surface area contributed by atoms with Crippen LogP contribution in [0.15, 0.2) is 54.7 Å². The number of carbonyl (C=O) groups excluding carboxylic acids is 1. The minimum atomic E-state index is -0.292. The van der Waals surface area contributed by atoms with Gasteiger partial charge in [0.2, 0.25) is 6.79 Å². The molecule has 1 fully saturated rings. The van der Waals surface area contributed by atoms with Crippen LogP contribution in [0, 0.1) is 0 Å². The minimum Gasteiger partial charge on any atom is -0.486 e. The second-order valence-electron chi connectivity index (χ2n) is 8.94. The first kappa shape index (κ1) is 23.2. The van der Waals surface area contributed by atoms with Crippen LogP contribution in [0.5, 0.6) is 23.0 Å². The maximum atomic E-state index is 13.4. The monoisotopic (exact) mass is 504 g/mol. The summed E-state index contributed by atoms with van der Waals surface area (Å²) in [5, 5.41) is 6.31. The Hall–Kier alpha value is -4.18. The van der Waals surface area contributed by atoms with E-state index < -0.39 is 0 Å². The smallest absolute Gasteiger partial charge is 0.255 e. The number of morpholine rings is 1. The molecule has 0 radical (unpaired) electrons. The van der Waals surface area contributed by atoms with Crippen molar-refractivity contribution >= 4 is 17.4 Å². The van der Waals surface area contributed by atoms with E-state index in [0.29, 0.717) is 61.5 Å². The second-order valence-corrected chi connectivity index (χ2v) is 8.94. The fourth-order valence-electron chi connectivity index (χ4n) is 4.46. The Morgan fingerprint density at radius 2 is 1.78 bits per heavy atom. The summed E-state index contributed by atoms with van der Waals surface area (Å²) in [6.45, 7) is 4.14. The van der Waals surface area contributed by atoms with E-state index in [1.165, 1.54) is 0 Å². The highest BCUT2D eigenvalue weighted by atomic mass is 16.7. The molecule has 1 aromatic heterocycles. The van der Waals surface area contributed by atoms with Crippen molar-refractivity contribution in [3.05, 3.63) is 65.9 Å². The largest absolute Gasteiger partial charge is 0.486 e. The number of fused-ring (bicyclic) bond motifs is 2. The Labute approximate surface area is 214 Å². The van der Waals surface area contributed by atoms with Crippen LogP contribution in [-0.2, 0) is 11.3 Å². The summed E-state index contributed by atoms with van der Waals surface area (Å²) in [4.78, 5) is 20.2. The lowest BCUT2D eigenvalue weighted by Crippen LogP contribution is -2.41. The Morgan fingerprint density at radius 3 is 2.68 bits per heavy atom. The lowest BCUT2D eigenvalue weighted by Gasteiger charge is -2.29. The van der Waals surface area contributed by atoms with Crippen LogP contribution in [0.4, 0.5) is 11.5 Å². The van der Waals surface area contributed by atoms with Crippen molar-refractivity contribution < 1.29 is 28.5 Å². The van der Waals surface area contributed by atoms with Crippen molar-refractivity contribution in [2.45, 2.75) is 12.6 Å².